The van der Waals surface area contributed by atoms with Crippen molar-refractivity contribution in [3.05, 3.63) is 59.7 Å². The topological polar surface area (TPSA) is 69.7 Å². The lowest BCUT2D eigenvalue weighted by Crippen LogP contribution is -2.03. The molecule has 0 atom stereocenters. The zero-order valence-corrected chi connectivity index (χ0v) is 20.3. The van der Waals surface area contributed by atoms with Crippen molar-refractivity contribution < 1.29 is 23.9 Å². The number of rotatable bonds is 14. The van der Waals surface area contributed by atoms with Gasteiger partial charge >= 0.3 is 11.9 Å². The predicted molar refractivity (Wildman–Crippen MR) is 129 cm³/mol. The summed E-state index contributed by atoms with van der Waals surface area (Å²) >= 11 is 3.32. The van der Waals surface area contributed by atoms with Crippen LogP contribution in [0.3, 0.4) is 0 Å². The minimum Gasteiger partial charge on any atom is -0.466 e. The first kappa shape index (κ1) is 26.0. The van der Waals surface area contributed by atoms with Gasteiger partial charge in [0.25, 0.3) is 0 Å². The number of esters is 2. The maximum atomic E-state index is 12.7. The van der Waals surface area contributed by atoms with Gasteiger partial charge in [-0.15, -0.1) is 23.5 Å². The van der Waals surface area contributed by atoms with Gasteiger partial charge in [-0.1, -0.05) is 0 Å². The molecular formula is C25H30O5S2. The smallest absolute Gasteiger partial charge is 0.305 e. The van der Waals surface area contributed by atoms with E-state index >= 15 is 0 Å². The van der Waals surface area contributed by atoms with Crippen molar-refractivity contribution in [2.24, 2.45) is 0 Å². The molecule has 0 aliphatic carbocycles. The van der Waals surface area contributed by atoms with Crippen molar-refractivity contribution in [1.82, 2.24) is 0 Å². The third-order valence-corrected chi connectivity index (χ3v) is 6.63. The van der Waals surface area contributed by atoms with Gasteiger partial charge in [0.05, 0.1) is 13.2 Å². The van der Waals surface area contributed by atoms with Crippen LogP contribution in [0.2, 0.25) is 0 Å². The van der Waals surface area contributed by atoms with Gasteiger partial charge in [-0.25, -0.2) is 0 Å². The van der Waals surface area contributed by atoms with Crippen LogP contribution in [0.5, 0.6) is 0 Å². The highest BCUT2D eigenvalue weighted by Gasteiger charge is 2.10. The molecule has 0 N–H and O–H groups in total. The Labute approximate surface area is 198 Å². The number of ketones is 1. The van der Waals surface area contributed by atoms with Gasteiger partial charge in [-0.05, 0) is 86.7 Å². The molecule has 0 radical (unpaired) electrons. The molecule has 0 spiro atoms. The fourth-order valence-corrected chi connectivity index (χ4v) is 4.56. The number of carbonyl (C=O) groups excluding carboxylic acids is 3. The Morgan fingerprint density at radius 2 is 1.03 bits per heavy atom. The Morgan fingerprint density at radius 3 is 1.38 bits per heavy atom. The van der Waals surface area contributed by atoms with Crippen molar-refractivity contribution in [2.75, 3.05) is 24.7 Å². The molecule has 2 aromatic carbocycles. The zero-order valence-electron chi connectivity index (χ0n) is 18.6. The second-order valence-corrected chi connectivity index (χ2v) is 9.23. The second-order valence-electron chi connectivity index (χ2n) is 6.89. The zero-order chi connectivity index (χ0) is 23.2. The van der Waals surface area contributed by atoms with Crippen LogP contribution in [0, 0.1) is 0 Å². The van der Waals surface area contributed by atoms with Gasteiger partial charge in [-0.2, -0.15) is 0 Å². The fourth-order valence-electron chi connectivity index (χ4n) is 2.85. The summed E-state index contributed by atoms with van der Waals surface area (Å²) in [6.45, 7) is 4.44. The molecule has 0 unspecified atom stereocenters. The fraction of sp³-hybridized carbons (Fsp3) is 0.400. The largest absolute Gasteiger partial charge is 0.466 e. The average Bonchev–Trinajstić information content (AvgIpc) is 2.80. The van der Waals surface area contributed by atoms with Crippen molar-refractivity contribution in [2.45, 2.75) is 49.3 Å². The second kappa shape index (κ2) is 14.7. The number of carbonyl (C=O) groups is 3. The molecule has 0 saturated carbocycles. The third kappa shape index (κ3) is 9.49. The maximum Gasteiger partial charge on any atom is 0.305 e. The molecule has 0 aliphatic heterocycles. The monoisotopic (exact) mass is 474 g/mol. The Bertz CT molecular complexity index is 791. The van der Waals surface area contributed by atoms with E-state index in [4.69, 9.17) is 9.47 Å². The molecular weight excluding hydrogens is 444 g/mol. The summed E-state index contributed by atoms with van der Waals surface area (Å²) in [5.41, 5.74) is 1.30. The van der Waals surface area contributed by atoms with Crippen LogP contribution in [-0.4, -0.2) is 42.4 Å². The molecule has 0 bridgehead atoms. The van der Waals surface area contributed by atoms with Crippen LogP contribution in [-0.2, 0) is 19.1 Å². The number of hydrogen-bond donors (Lipinski definition) is 0. The molecule has 0 aromatic heterocycles. The van der Waals surface area contributed by atoms with E-state index in [0.717, 1.165) is 34.1 Å². The van der Waals surface area contributed by atoms with Gasteiger partial charge in [0, 0.05) is 33.8 Å². The summed E-state index contributed by atoms with van der Waals surface area (Å²) in [7, 11) is 0. The van der Waals surface area contributed by atoms with Gasteiger partial charge < -0.3 is 9.47 Å². The average molecular weight is 475 g/mol. The normalized spacial score (nSPS) is 10.6. The molecule has 0 aliphatic rings. The van der Waals surface area contributed by atoms with Crippen molar-refractivity contribution >= 4 is 41.2 Å². The van der Waals surface area contributed by atoms with Crippen LogP contribution < -0.4 is 0 Å². The Morgan fingerprint density at radius 1 is 0.656 bits per heavy atom. The quantitative estimate of drug-likeness (QED) is 0.149. The SMILES string of the molecule is CCOC(=O)CCCSc1ccc(C(=O)c2ccc(SCCCC(=O)OCC)cc2)cc1. The first-order valence-electron chi connectivity index (χ1n) is 10.8. The molecule has 2 aromatic rings. The van der Waals surface area contributed by atoms with Gasteiger partial charge in [-0.3, -0.25) is 14.4 Å². The summed E-state index contributed by atoms with van der Waals surface area (Å²) in [6, 6.07) is 15.1. The van der Waals surface area contributed by atoms with Crippen molar-refractivity contribution in [3.63, 3.8) is 0 Å². The molecule has 0 amide bonds. The summed E-state index contributed by atoms with van der Waals surface area (Å²) in [4.78, 5) is 37.6. The minimum absolute atomic E-state index is 0.0114. The van der Waals surface area contributed by atoms with E-state index in [1.54, 1.807) is 37.4 Å². The highest BCUT2D eigenvalue weighted by Crippen LogP contribution is 2.23. The number of hydrogen-bond acceptors (Lipinski definition) is 7. The maximum absolute atomic E-state index is 12.7. The molecule has 32 heavy (non-hydrogen) atoms. The van der Waals surface area contributed by atoms with E-state index in [9.17, 15) is 14.4 Å². The standard InChI is InChI=1S/C25H30O5S2/c1-3-29-23(26)7-5-17-31-21-13-9-19(10-14-21)25(28)20-11-15-22(16-12-20)32-18-6-8-24(27)30-4-2/h9-16H,3-8,17-18H2,1-2H3. The van der Waals surface area contributed by atoms with E-state index in [2.05, 4.69) is 0 Å². The van der Waals surface area contributed by atoms with Gasteiger partial charge in [0.15, 0.2) is 5.78 Å². The van der Waals surface area contributed by atoms with E-state index in [1.165, 1.54) is 0 Å². The van der Waals surface area contributed by atoms with Gasteiger partial charge in [0.1, 0.15) is 0 Å². The lowest BCUT2D eigenvalue weighted by Gasteiger charge is -2.06. The summed E-state index contributed by atoms with van der Waals surface area (Å²) in [6.07, 6.45) is 2.38. The van der Waals surface area contributed by atoms with Crippen LogP contribution in [0.15, 0.2) is 58.3 Å². The van der Waals surface area contributed by atoms with Gasteiger partial charge in [0.2, 0.25) is 0 Å². The first-order chi connectivity index (χ1) is 15.5. The van der Waals surface area contributed by atoms with E-state index in [1.807, 2.05) is 48.5 Å². The molecule has 0 fully saturated rings. The van der Waals surface area contributed by atoms with E-state index < -0.39 is 0 Å². The predicted octanol–water partition coefficient (Wildman–Crippen LogP) is 5.79. The first-order valence-corrected chi connectivity index (χ1v) is 12.8. The molecule has 172 valence electrons. The number of ether oxygens (including phenoxy) is 2. The molecule has 0 saturated heterocycles. The Hall–Kier alpha value is -2.25. The van der Waals surface area contributed by atoms with Crippen LogP contribution in [0.25, 0.3) is 0 Å². The molecule has 2 rings (SSSR count). The minimum atomic E-state index is -0.157. The summed E-state index contributed by atoms with van der Waals surface area (Å²) < 4.78 is 9.85. The van der Waals surface area contributed by atoms with Crippen LogP contribution >= 0.6 is 23.5 Å². The molecule has 0 heterocycles. The summed E-state index contributed by atoms with van der Waals surface area (Å²) in [5, 5.41) is 0. The lowest BCUT2D eigenvalue weighted by molar-refractivity contribution is -0.144. The molecule has 7 heteroatoms. The summed E-state index contributed by atoms with van der Waals surface area (Å²) in [5.74, 6) is 1.32. The molecule has 5 nitrogen and oxygen atoms in total. The van der Waals surface area contributed by atoms with Crippen LogP contribution in [0.4, 0.5) is 0 Å². The Kier molecular flexibility index (Phi) is 12.0. The number of benzene rings is 2. The van der Waals surface area contributed by atoms with E-state index in [0.29, 0.717) is 37.2 Å². The third-order valence-electron chi connectivity index (χ3n) is 4.43. The van der Waals surface area contributed by atoms with Crippen molar-refractivity contribution in [1.29, 1.82) is 0 Å². The number of thioether (sulfide) groups is 2. The highest BCUT2D eigenvalue weighted by atomic mass is 32.2. The lowest BCUT2D eigenvalue weighted by atomic mass is 10.0. The van der Waals surface area contributed by atoms with Crippen molar-refractivity contribution in [3.8, 4) is 0 Å². The van der Waals surface area contributed by atoms with E-state index in [-0.39, 0.29) is 17.7 Å². The van der Waals surface area contributed by atoms with Crippen LogP contribution in [0.1, 0.15) is 55.5 Å². The Balaban J connectivity index is 1.77. The highest BCUT2D eigenvalue weighted by molar-refractivity contribution is 7.99.